The molecule has 0 aromatic carbocycles. The van der Waals surface area contributed by atoms with Crippen LogP contribution in [0.1, 0.15) is 12.6 Å². The van der Waals surface area contributed by atoms with Crippen LogP contribution in [0.3, 0.4) is 0 Å². The standard InChI is InChI=1S/C8H8N2OS/c1-2-6-5-3-4-12-7(5)10-8(11)9-6/h3-4H,2H2,1H3,(H,9,10,11). The average molecular weight is 180 g/mol. The van der Waals surface area contributed by atoms with Crippen LogP contribution in [0.2, 0.25) is 0 Å². The molecule has 0 bridgehead atoms. The van der Waals surface area contributed by atoms with Gasteiger partial charge in [-0.2, -0.15) is 4.98 Å². The summed E-state index contributed by atoms with van der Waals surface area (Å²) < 4.78 is 0. The van der Waals surface area contributed by atoms with E-state index in [-0.39, 0.29) is 5.69 Å². The number of rotatable bonds is 1. The summed E-state index contributed by atoms with van der Waals surface area (Å²) in [6, 6.07) is 1.99. The number of hydrogen-bond donors (Lipinski definition) is 1. The van der Waals surface area contributed by atoms with Gasteiger partial charge in [0.25, 0.3) is 0 Å². The number of hydrogen-bond acceptors (Lipinski definition) is 3. The first kappa shape index (κ1) is 7.49. The molecule has 1 N–H and O–H groups in total. The number of nitrogens with one attached hydrogen (secondary N) is 1. The van der Waals surface area contributed by atoms with E-state index in [1.54, 1.807) is 0 Å². The third-order valence-corrected chi connectivity index (χ3v) is 2.59. The molecule has 3 nitrogen and oxygen atoms in total. The Morgan fingerprint density at radius 3 is 3.25 bits per heavy atom. The monoisotopic (exact) mass is 180 g/mol. The van der Waals surface area contributed by atoms with Gasteiger partial charge in [0.2, 0.25) is 0 Å². The first-order valence-electron chi connectivity index (χ1n) is 3.77. The molecule has 4 heteroatoms. The second kappa shape index (κ2) is 2.71. The number of fused-ring (bicyclic) bond motifs is 1. The third-order valence-electron chi connectivity index (χ3n) is 1.78. The van der Waals surface area contributed by atoms with Crippen LogP contribution < -0.4 is 5.69 Å². The topological polar surface area (TPSA) is 45.8 Å². The molecule has 0 saturated carbocycles. The van der Waals surface area contributed by atoms with E-state index < -0.39 is 0 Å². The molecule has 0 aliphatic carbocycles. The van der Waals surface area contributed by atoms with Crippen LogP contribution >= 0.6 is 11.3 Å². The van der Waals surface area contributed by atoms with Gasteiger partial charge in [0.1, 0.15) is 4.83 Å². The van der Waals surface area contributed by atoms with Crippen molar-refractivity contribution < 1.29 is 0 Å². The summed E-state index contributed by atoms with van der Waals surface area (Å²) >= 11 is 1.50. The summed E-state index contributed by atoms with van der Waals surface area (Å²) in [7, 11) is 0. The Balaban J connectivity index is 2.89. The third kappa shape index (κ3) is 1.04. The molecule has 2 heterocycles. The maximum Gasteiger partial charge on any atom is 0.346 e. The van der Waals surface area contributed by atoms with E-state index in [2.05, 4.69) is 9.97 Å². The van der Waals surface area contributed by atoms with Crippen LogP contribution in [-0.2, 0) is 6.42 Å². The average Bonchev–Trinajstić information content (AvgIpc) is 2.50. The maximum atomic E-state index is 11.0. The molecule has 12 heavy (non-hydrogen) atoms. The van der Waals surface area contributed by atoms with Gasteiger partial charge in [0.15, 0.2) is 0 Å². The number of H-pyrrole nitrogens is 1. The largest absolute Gasteiger partial charge is 0.346 e. The summed E-state index contributed by atoms with van der Waals surface area (Å²) in [5, 5.41) is 3.02. The van der Waals surface area contributed by atoms with Crippen molar-refractivity contribution in [3.05, 3.63) is 27.6 Å². The molecule has 0 unspecified atom stereocenters. The number of aryl methyl sites for hydroxylation is 1. The quantitative estimate of drug-likeness (QED) is 0.723. The second-order valence-corrected chi connectivity index (χ2v) is 3.41. The fourth-order valence-electron chi connectivity index (χ4n) is 1.21. The van der Waals surface area contributed by atoms with Crippen LogP contribution in [0, 0.1) is 0 Å². The molecule has 0 saturated heterocycles. The molecule has 0 fully saturated rings. The minimum Gasteiger partial charge on any atom is -0.309 e. The van der Waals surface area contributed by atoms with Crippen LogP contribution in [0.25, 0.3) is 10.2 Å². The highest BCUT2D eigenvalue weighted by molar-refractivity contribution is 7.16. The Labute approximate surface area is 73.1 Å². The van der Waals surface area contributed by atoms with Crippen molar-refractivity contribution in [1.82, 2.24) is 9.97 Å². The van der Waals surface area contributed by atoms with Gasteiger partial charge in [-0.15, -0.1) is 11.3 Å². The summed E-state index contributed by atoms with van der Waals surface area (Å²) in [4.78, 5) is 18.4. The minimum atomic E-state index is -0.248. The number of thiophene rings is 1. The number of aromatic nitrogens is 2. The Kier molecular flexibility index (Phi) is 1.69. The van der Waals surface area contributed by atoms with Crippen molar-refractivity contribution >= 4 is 21.6 Å². The van der Waals surface area contributed by atoms with E-state index in [4.69, 9.17) is 0 Å². The molecule has 0 atom stereocenters. The lowest BCUT2D eigenvalue weighted by molar-refractivity contribution is 0.994. The fraction of sp³-hybridized carbons (Fsp3) is 0.250. The maximum absolute atomic E-state index is 11.0. The van der Waals surface area contributed by atoms with Crippen LogP contribution in [0.4, 0.5) is 0 Å². The summed E-state index contributed by atoms with van der Waals surface area (Å²) in [5.74, 6) is 0. The van der Waals surface area contributed by atoms with Crippen LogP contribution in [0.5, 0.6) is 0 Å². The zero-order valence-corrected chi connectivity index (χ0v) is 7.44. The lowest BCUT2D eigenvalue weighted by Crippen LogP contribution is -2.11. The molecule has 0 aliphatic rings. The van der Waals surface area contributed by atoms with Gasteiger partial charge < -0.3 is 4.98 Å². The smallest absolute Gasteiger partial charge is 0.309 e. The van der Waals surface area contributed by atoms with Crippen molar-refractivity contribution in [3.8, 4) is 0 Å². The van der Waals surface area contributed by atoms with E-state index in [0.717, 1.165) is 22.3 Å². The first-order chi connectivity index (χ1) is 5.81. The van der Waals surface area contributed by atoms with Crippen LogP contribution in [0.15, 0.2) is 16.2 Å². The lowest BCUT2D eigenvalue weighted by atomic mass is 10.2. The summed E-state index contributed by atoms with van der Waals surface area (Å²) in [5.41, 5.74) is 0.730. The number of nitrogens with zero attached hydrogens (tertiary/aromatic N) is 1. The second-order valence-electron chi connectivity index (χ2n) is 2.51. The predicted molar refractivity (Wildman–Crippen MR) is 49.6 cm³/mol. The SMILES string of the molecule is CCc1[nH]c(=O)nc2sccc12. The molecule has 2 aromatic heterocycles. The molecule has 62 valence electrons. The Morgan fingerprint density at radius 2 is 2.50 bits per heavy atom. The Morgan fingerprint density at radius 1 is 1.67 bits per heavy atom. The highest BCUT2D eigenvalue weighted by atomic mass is 32.1. The fourth-order valence-corrected chi connectivity index (χ4v) is 2.00. The van der Waals surface area contributed by atoms with Gasteiger partial charge >= 0.3 is 5.69 Å². The lowest BCUT2D eigenvalue weighted by Gasteiger charge is -1.96. The van der Waals surface area contributed by atoms with E-state index >= 15 is 0 Å². The van der Waals surface area contributed by atoms with Crippen LogP contribution in [-0.4, -0.2) is 9.97 Å². The van der Waals surface area contributed by atoms with Gasteiger partial charge in [-0.3, -0.25) is 0 Å². The predicted octanol–water partition coefficient (Wildman–Crippen LogP) is 1.55. The molecule has 0 amide bonds. The normalized spacial score (nSPS) is 10.8. The zero-order chi connectivity index (χ0) is 8.55. The van der Waals surface area contributed by atoms with Crippen molar-refractivity contribution in [3.63, 3.8) is 0 Å². The van der Waals surface area contributed by atoms with Gasteiger partial charge in [-0.25, -0.2) is 4.79 Å². The molecule has 0 spiro atoms. The molecular formula is C8H8N2OS. The van der Waals surface area contributed by atoms with Crippen molar-refractivity contribution in [1.29, 1.82) is 0 Å². The summed E-state index contributed by atoms with van der Waals surface area (Å²) in [6.07, 6.45) is 0.838. The van der Waals surface area contributed by atoms with Crippen molar-refractivity contribution in [2.75, 3.05) is 0 Å². The summed E-state index contributed by atoms with van der Waals surface area (Å²) in [6.45, 7) is 2.02. The van der Waals surface area contributed by atoms with E-state index in [0.29, 0.717) is 0 Å². The molecular weight excluding hydrogens is 172 g/mol. The van der Waals surface area contributed by atoms with Crippen molar-refractivity contribution in [2.24, 2.45) is 0 Å². The minimum absolute atomic E-state index is 0.248. The molecule has 0 aliphatic heterocycles. The highest BCUT2D eigenvalue weighted by Gasteiger charge is 2.02. The van der Waals surface area contributed by atoms with Gasteiger partial charge in [-0.1, -0.05) is 6.92 Å². The Bertz CT molecular complexity index is 457. The van der Waals surface area contributed by atoms with E-state index in [1.807, 2.05) is 18.4 Å². The van der Waals surface area contributed by atoms with E-state index in [9.17, 15) is 4.79 Å². The highest BCUT2D eigenvalue weighted by Crippen LogP contribution is 2.18. The first-order valence-corrected chi connectivity index (χ1v) is 4.65. The Hall–Kier alpha value is -1.16. The van der Waals surface area contributed by atoms with Gasteiger partial charge in [-0.05, 0) is 17.9 Å². The van der Waals surface area contributed by atoms with Gasteiger partial charge in [0, 0.05) is 11.1 Å². The van der Waals surface area contributed by atoms with E-state index in [1.165, 1.54) is 11.3 Å². The molecule has 2 rings (SSSR count). The number of aromatic amines is 1. The zero-order valence-electron chi connectivity index (χ0n) is 6.63. The molecule has 0 radical (unpaired) electrons. The van der Waals surface area contributed by atoms with Crippen molar-refractivity contribution in [2.45, 2.75) is 13.3 Å². The van der Waals surface area contributed by atoms with Gasteiger partial charge in [0.05, 0.1) is 0 Å². The molecule has 2 aromatic rings.